The Morgan fingerprint density at radius 1 is 1.05 bits per heavy atom. The molecule has 2 heterocycles. The van der Waals surface area contributed by atoms with Gasteiger partial charge in [-0.3, -0.25) is 14.5 Å². The largest absolute Gasteiger partial charge is 0.369 e. The van der Waals surface area contributed by atoms with E-state index in [9.17, 15) is 9.59 Å². The second kappa shape index (κ2) is 5.12. The summed E-state index contributed by atoms with van der Waals surface area (Å²) in [6.07, 6.45) is 4.99. The molecule has 1 aliphatic carbocycles. The SMILES string of the molecule is NC(=O)C1CCN(C2CN(C(=O)CC3CC3)C2)CC1. The maximum absolute atomic E-state index is 11.9. The molecule has 0 aromatic heterocycles. The lowest BCUT2D eigenvalue weighted by Crippen LogP contribution is -2.62. The van der Waals surface area contributed by atoms with Crippen LogP contribution in [0.3, 0.4) is 0 Å². The van der Waals surface area contributed by atoms with Crippen molar-refractivity contribution in [2.45, 2.75) is 38.1 Å². The Morgan fingerprint density at radius 3 is 2.21 bits per heavy atom. The molecule has 2 N–H and O–H groups in total. The summed E-state index contributed by atoms with van der Waals surface area (Å²) in [5, 5.41) is 0. The normalized spacial score (nSPS) is 26.2. The van der Waals surface area contributed by atoms with Crippen molar-refractivity contribution in [3.63, 3.8) is 0 Å². The summed E-state index contributed by atoms with van der Waals surface area (Å²) in [4.78, 5) is 27.4. The van der Waals surface area contributed by atoms with E-state index in [1.807, 2.05) is 4.90 Å². The number of hydrogen-bond donors (Lipinski definition) is 1. The molecular formula is C14H23N3O2. The quantitative estimate of drug-likeness (QED) is 0.789. The third-order valence-electron chi connectivity index (χ3n) is 4.82. The fraction of sp³-hybridized carbons (Fsp3) is 0.857. The lowest BCUT2D eigenvalue weighted by atomic mass is 9.93. The Labute approximate surface area is 114 Å². The molecule has 1 saturated carbocycles. The highest BCUT2D eigenvalue weighted by Crippen LogP contribution is 2.34. The third-order valence-corrected chi connectivity index (χ3v) is 4.82. The van der Waals surface area contributed by atoms with Gasteiger partial charge in [-0.2, -0.15) is 0 Å². The number of rotatable bonds is 4. The molecular weight excluding hydrogens is 242 g/mol. The Kier molecular flexibility index (Phi) is 3.48. The van der Waals surface area contributed by atoms with Crippen molar-refractivity contribution in [2.75, 3.05) is 26.2 Å². The van der Waals surface area contributed by atoms with E-state index in [1.54, 1.807) is 0 Å². The van der Waals surface area contributed by atoms with Crippen molar-refractivity contribution in [3.05, 3.63) is 0 Å². The van der Waals surface area contributed by atoms with Gasteiger partial charge in [-0.1, -0.05) is 0 Å². The molecule has 0 aromatic carbocycles. The number of hydrogen-bond acceptors (Lipinski definition) is 3. The third kappa shape index (κ3) is 2.91. The molecule has 5 heteroatoms. The summed E-state index contributed by atoms with van der Waals surface area (Å²) >= 11 is 0. The summed E-state index contributed by atoms with van der Waals surface area (Å²) in [6.45, 7) is 3.66. The first-order valence-electron chi connectivity index (χ1n) is 7.44. The maximum Gasteiger partial charge on any atom is 0.222 e. The van der Waals surface area contributed by atoms with Crippen molar-refractivity contribution in [1.82, 2.24) is 9.80 Å². The van der Waals surface area contributed by atoms with Crippen LogP contribution in [0.5, 0.6) is 0 Å². The van der Waals surface area contributed by atoms with Gasteiger partial charge in [0, 0.05) is 31.5 Å². The van der Waals surface area contributed by atoms with Gasteiger partial charge >= 0.3 is 0 Å². The molecule has 3 fully saturated rings. The minimum absolute atomic E-state index is 0.0592. The summed E-state index contributed by atoms with van der Waals surface area (Å²) < 4.78 is 0. The van der Waals surface area contributed by atoms with Gasteiger partial charge in [0.25, 0.3) is 0 Å². The Balaban J connectivity index is 1.39. The van der Waals surface area contributed by atoms with Gasteiger partial charge in [-0.05, 0) is 44.7 Å². The monoisotopic (exact) mass is 265 g/mol. The van der Waals surface area contributed by atoms with Crippen molar-refractivity contribution < 1.29 is 9.59 Å². The first kappa shape index (κ1) is 12.9. The standard InChI is InChI=1S/C14H23N3O2/c15-14(19)11-3-5-16(6-4-11)12-8-17(9-12)13(18)7-10-1-2-10/h10-12H,1-9H2,(H2,15,19). The number of nitrogens with zero attached hydrogens (tertiary/aromatic N) is 2. The van der Waals surface area contributed by atoms with Gasteiger partial charge in [0.1, 0.15) is 0 Å². The molecule has 5 nitrogen and oxygen atoms in total. The van der Waals surface area contributed by atoms with Crippen LogP contribution in [0.4, 0.5) is 0 Å². The van der Waals surface area contributed by atoms with Gasteiger partial charge in [0.05, 0.1) is 0 Å². The van der Waals surface area contributed by atoms with Crippen LogP contribution < -0.4 is 5.73 Å². The van der Waals surface area contributed by atoms with Gasteiger partial charge in [-0.15, -0.1) is 0 Å². The number of nitrogens with two attached hydrogens (primary N) is 1. The number of primary amides is 1. The first-order chi connectivity index (χ1) is 9.13. The highest BCUT2D eigenvalue weighted by Gasteiger charge is 2.38. The summed E-state index contributed by atoms with van der Waals surface area (Å²) in [6, 6.07) is 0.511. The van der Waals surface area contributed by atoms with Gasteiger partial charge < -0.3 is 10.6 Å². The predicted octanol–water partition coefficient (Wildman–Crippen LogP) is 0.195. The zero-order valence-electron chi connectivity index (χ0n) is 11.4. The zero-order chi connectivity index (χ0) is 13.4. The van der Waals surface area contributed by atoms with Crippen LogP contribution in [0.25, 0.3) is 0 Å². The van der Waals surface area contributed by atoms with Crippen LogP contribution in [0.1, 0.15) is 32.1 Å². The van der Waals surface area contributed by atoms with Gasteiger partial charge in [0.2, 0.25) is 11.8 Å². The summed E-state index contributed by atoms with van der Waals surface area (Å²) in [7, 11) is 0. The number of carbonyl (C=O) groups is 2. The van der Waals surface area contributed by atoms with Crippen LogP contribution in [-0.2, 0) is 9.59 Å². The van der Waals surface area contributed by atoms with Crippen molar-refractivity contribution >= 4 is 11.8 Å². The van der Waals surface area contributed by atoms with Crippen molar-refractivity contribution in [2.24, 2.45) is 17.6 Å². The minimum Gasteiger partial charge on any atom is -0.369 e. The van der Waals surface area contributed by atoms with E-state index in [0.717, 1.165) is 45.4 Å². The molecule has 0 radical (unpaired) electrons. The van der Waals surface area contributed by atoms with Crippen LogP contribution in [0.2, 0.25) is 0 Å². The molecule has 0 atom stereocenters. The van der Waals surface area contributed by atoms with E-state index in [0.29, 0.717) is 17.9 Å². The van der Waals surface area contributed by atoms with Crippen LogP contribution in [0.15, 0.2) is 0 Å². The number of carbonyl (C=O) groups excluding carboxylic acids is 2. The van der Waals surface area contributed by atoms with E-state index < -0.39 is 0 Å². The minimum atomic E-state index is -0.158. The molecule has 0 aromatic rings. The van der Waals surface area contributed by atoms with E-state index in [4.69, 9.17) is 5.73 Å². The molecule has 106 valence electrons. The molecule has 2 saturated heterocycles. The Morgan fingerprint density at radius 2 is 1.68 bits per heavy atom. The first-order valence-corrected chi connectivity index (χ1v) is 7.44. The number of amides is 2. The zero-order valence-corrected chi connectivity index (χ0v) is 11.4. The lowest BCUT2D eigenvalue weighted by molar-refractivity contribution is -0.139. The highest BCUT2D eigenvalue weighted by atomic mass is 16.2. The fourth-order valence-electron chi connectivity index (χ4n) is 3.14. The average molecular weight is 265 g/mol. The van der Waals surface area contributed by atoms with Crippen LogP contribution in [-0.4, -0.2) is 53.8 Å². The van der Waals surface area contributed by atoms with Gasteiger partial charge in [-0.25, -0.2) is 0 Å². The molecule has 0 spiro atoms. The topological polar surface area (TPSA) is 66.6 Å². The van der Waals surface area contributed by atoms with E-state index in [1.165, 1.54) is 12.8 Å². The number of likely N-dealkylation sites (tertiary alicyclic amines) is 2. The molecule has 2 amide bonds. The molecule has 3 rings (SSSR count). The predicted molar refractivity (Wildman–Crippen MR) is 71.2 cm³/mol. The summed E-state index contributed by atoms with van der Waals surface area (Å²) in [5.74, 6) is 0.919. The Hall–Kier alpha value is -1.10. The molecule has 3 aliphatic rings. The molecule has 0 bridgehead atoms. The molecule has 19 heavy (non-hydrogen) atoms. The smallest absolute Gasteiger partial charge is 0.222 e. The molecule has 0 unspecified atom stereocenters. The lowest BCUT2D eigenvalue weighted by Gasteiger charge is -2.47. The van der Waals surface area contributed by atoms with Crippen LogP contribution in [0, 0.1) is 11.8 Å². The maximum atomic E-state index is 11.9. The summed E-state index contributed by atoms with van der Waals surface area (Å²) in [5.41, 5.74) is 5.34. The van der Waals surface area contributed by atoms with Crippen LogP contribution >= 0.6 is 0 Å². The van der Waals surface area contributed by atoms with Crippen molar-refractivity contribution in [1.29, 1.82) is 0 Å². The second-order valence-electron chi connectivity index (χ2n) is 6.31. The highest BCUT2D eigenvalue weighted by molar-refractivity contribution is 5.78. The van der Waals surface area contributed by atoms with Gasteiger partial charge in [0.15, 0.2) is 0 Å². The van der Waals surface area contributed by atoms with E-state index >= 15 is 0 Å². The molecule has 2 aliphatic heterocycles. The average Bonchev–Trinajstić information content (AvgIpc) is 3.11. The Bertz CT molecular complexity index is 367. The number of piperidine rings is 1. The fourth-order valence-corrected chi connectivity index (χ4v) is 3.14. The van der Waals surface area contributed by atoms with E-state index in [2.05, 4.69) is 4.90 Å². The van der Waals surface area contributed by atoms with Crippen molar-refractivity contribution in [3.8, 4) is 0 Å². The van der Waals surface area contributed by atoms with E-state index in [-0.39, 0.29) is 11.8 Å². The second-order valence-corrected chi connectivity index (χ2v) is 6.31.